The maximum absolute atomic E-state index is 11.7. The van der Waals surface area contributed by atoms with Gasteiger partial charge in [-0.3, -0.25) is 4.57 Å². The summed E-state index contributed by atoms with van der Waals surface area (Å²) in [4.78, 5) is 15.2. The summed E-state index contributed by atoms with van der Waals surface area (Å²) in [6.07, 6.45) is -3.20. The standard InChI is InChI=1S/C10H15N3O5/c1-4-2-13(10(17)12-8(4)11)9-7(16)6(15)5(3-14)18-9/h2,5-7,9,14-16H,3H2,1H3,(H2,11,12,17)/t5-,6-,7+,9-/m1/s1. The van der Waals surface area contributed by atoms with Crippen molar-refractivity contribution in [2.75, 3.05) is 12.3 Å². The van der Waals surface area contributed by atoms with Crippen LogP contribution in [0, 0.1) is 6.92 Å². The Bertz CT molecular complexity index is 503. The molecule has 4 atom stereocenters. The van der Waals surface area contributed by atoms with Gasteiger partial charge < -0.3 is 25.8 Å². The van der Waals surface area contributed by atoms with Gasteiger partial charge in [0.05, 0.1) is 6.61 Å². The molecule has 8 nitrogen and oxygen atoms in total. The molecule has 1 saturated heterocycles. The quantitative estimate of drug-likeness (QED) is 0.470. The van der Waals surface area contributed by atoms with E-state index in [2.05, 4.69) is 4.98 Å². The van der Waals surface area contributed by atoms with E-state index in [1.54, 1.807) is 6.92 Å². The minimum Gasteiger partial charge on any atom is -0.394 e. The van der Waals surface area contributed by atoms with Gasteiger partial charge in [0, 0.05) is 11.8 Å². The fourth-order valence-electron chi connectivity index (χ4n) is 1.87. The number of hydrogen-bond acceptors (Lipinski definition) is 7. The van der Waals surface area contributed by atoms with E-state index in [9.17, 15) is 15.0 Å². The molecule has 2 heterocycles. The van der Waals surface area contributed by atoms with Gasteiger partial charge in [-0.15, -0.1) is 0 Å². The van der Waals surface area contributed by atoms with E-state index in [1.165, 1.54) is 6.20 Å². The minimum absolute atomic E-state index is 0.1000. The van der Waals surface area contributed by atoms with Crippen molar-refractivity contribution in [2.24, 2.45) is 0 Å². The maximum atomic E-state index is 11.7. The first-order valence-electron chi connectivity index (χ1n) is 5.43. The van der Waals surface area contributed by atoms with E-state index < -0.39 is 36.8 Å². The van der Waals surface area contributed by atoms with Crippen LogP contribution in [0.2, 0.25) is 0 Å². The smallest absolute Gasteiger partial charge is 0.351 e. The Hall–Kier alpha value is -1.48. The topological polar surface area (TPSA) is 131 Å². The number of aryl methyl sites for hydroxylation is 1. The largest absolute Gasteiger partial charge is 0.394 e. The number of ether oxygens (including phenoxy) is 1. The lowest BCUT2D eigenvalue weighted by Gasteiger charge is -2.17. The summed E-state index contributed by atoms with van der Waals surface area (Å²) in [6.45, 7) is 1.20. The van der Waals surface area contributed by atoms with E-state index in [-0.39, 0.29) is 5.82 Å². The van der Waals surface area contributed by atoms with Gasteiger partial charge in [-0.25, -0.2) is 4.79 Å². The highest BCUT2D eigenvalue weighted by Crippen LogP contribution is 2.28. The Morgan fingerprint density at radius 3 is 2.72 bits per heavy atom. The third kappa shape index (κ3) is 1.99. The Balaban J connectivity index is 2.39. The van der Waals surface area contributed by atoms with Crippen LogP contribution in [0.4, 0.5) is 5.82 Å². The molecule has 1 aliphatic rings. The number of aliphatic hydroxyl groups is 3. The molecule has 1 aliphatic heterocycles. The van der Waals surface area contributed by atoms with Gasteiger partial charge in [0.25, 0.3) is 0 Å². The van der Waals surface area contributed by atoms with E-state index in [0.717, 1.165) is 4.57 Å². The number of aromatic nitrogens is 2. The van der Waals surface area contributed by atoms with Crippen LogP contribution in [0.3, 0.4) is 0 Å². The third-order valence-electron chi connectivity index (χ3n) is 2.97. The van der Waals surface area contributed by atoms with Crippen LogP contribution in [0.5, 0.6) is 0 Å². The highest BCUT2D eigenvalue weighted by Gasteiger charge is 2.43. The Morgan fingerprint density at radius 1 is 1.50 bits per heavy atom. The average Bonchev–Trinajstić information content (AvgIpc) is 2.61. The summed E-state index contributed by atoms with van der Waals surface area (Å²) in [5, 5.41) is 28.4. The Morgan fingerprint density at radius 2 is 2.17 bits per heavy atom. The molecular formula is C10H15N3O5. The van der Waals surface area contributed by atoms with Crippen LogP contribution >= 0.6 is 0 Å². The van der Waals surface area contributed by atoms with Crippen LogP contribution in [-0.2, 0) is 4.74 Å². The van der Waals surface area contributed by atoms with E-state index >= 15 is 0 Å². The summed E-state index contributed by atoms with van der Waals surface area (Å²) in [6, 6.07) is 0. The second-order valence-electron chi connectivity index (χ2n) is 4.23. The van der Waals surface area contributed by atoms with Crippen molar-refractivity contribution in [3.05, 3.63) is 22.2 Å². The first kappa shape index (κ1) is 13.0. The van der Waals surface area contributed by atoms with Crippen molar-refractivity contribution in [3.63, 3.8) is 0 Å². The van der Waals surface area contributed by atoms with Crippen molar-refractivity contribution in [2.45, 2.75) is 31.5 Å². The predicted octanol–water partition coefficient (Wildman–Crippen LogP) is -2.25. The van der Waals surface area contributed by atoms with Crippen LogP contribution < -0.4 is 11.4 Å². The number of rotatable bonds is 2. The van der Waals surface area contributed by atoms with Gasteiger partial charge in [-0.2, -0.15) is 4.98 Å². The maximum Gasteiger partial charge on any atom is 0.351 e. The van der Waals surface area contributed by atoms with Gasteiger partial charge in [-0.05, 0) is 6.92 Å². The second kappa shape index (κ2) is 4.65. The normalized spacial score (nSPS) is 31.8. The van der Waals surface area contributed by atoms with Gasteiger partial charge in [0.15, 0.2) is 6.23 Å². The molecule has 0 bridgehead atoms. The van der Waals surface area contributed by atoms with Gasteiger partial charge in [-0.1, -0.05) is 0 Å². The number of nitrogens with two attached hydrogens (primary N) is 1. The molecule has 0 saturated carbocycles. The molecule has 0 amide bonds. The SMILES string of the molecule is Cc1cn([C@@H]2O[C@H](CO)[C@@H](O)[C@@H]2O)c(=O)nc1N. The molecule has 2 rings (SSSR count). The molecule has 0 aliphatic carbocycles. The summed E-state index contributed by atoms with van der Waals surface area (Å²) in [5.41, 5.74) is 5.35. The third-order valence-corrected chi connectivity index (χ3v) is 2.97. The zero-order chi connectivity index (χ0) is 13.4. The van der Waals surface area contributed by atoms with E-state index in [4.69, 9.17) is 15.6 Å². The van der Waals surface area contributed by atoms with E-state index in [0.29, 0.717) is 5.56 Å². The highest BCUT2D eigenvalue weighted by molar-refractivity contribution is 5.35. The molecule has 1 fully saturated rings. The summed E-state index contributed by atoms with van der Waals surface area (Å²) >= 11 is 0. The van der Waals surface area contributed by atoms with Crippen molar-refractivity contribution in [1.29, 1.82) is 0 Å². The average molecular weight is 257 g/mol. The number of hydrogen-bond donors (Lipinski definition) is 4. The van der Waals surface area contributed by atoms with Gasteiger partial charge >= 0.3 is 5.69 Å². The molecule has 8 heteroatoms. The molecule has 1 aromatic heterocycles. The zero-order valence-electron chi connectivity index (χ0n) is 9.72. The Labute approximate surface area is 102 Å². The van der Waals surface area contributed by atoms with E-state index in [1.807, 2.05) is 0 Å². The number of nitrogen functional groups attached to an aromatic ring is 1. The molecule has 0 radical (unpaired) electrons. The predicted molar refractivity (Wildman–Crippen MR) is 60.7 cm³/mol. The summed E-state index contributed by atoms with van der Waals surface area (Å²) in [5.74, 6) is 0.1000. The lowest BCUT2D eigenvalue weighted by molar-refractivity contribution is -0.0550. The number of nitrogens with zero attached hydrogens (tertiary/aromatic N) is 2. The van der Waals surface area contributed by atoms with Crippen molar-refractivity contribution in [3.8, 4) is 0 Å². The zero-order valence-corrected chi connectivity index (χ0v) is 9.72. The van der Waals surface area contributed by atoms with Crippen molar-refractivity contribution >= 4 is 5.82 Å². The Kier molecular flexibility index (Phi) is 3.35. The van der Waals surface area contributed by atoms with Crippen LogP contribution in [-0.4, -0.2) is 49.8 Å². The monoisotopic (exact) mass is 257 g/mol. The fraction of sp³-hybridized carbons (Fsp3) is 0.600. The fourth-order valence-corrected chi connectivity index (χ4v) is 1.87. The van der Waals surface area contributed by atoms with Crippen molar-refractivity contribution in [1.82, 2.24) is 9.55 Å². The molecule has 0 unspecified atom stereocenters. The number of aliphatic hydroxyl groups excluding tert-OH is 3. The molecule has 100 valence electrons. The summed E-state index contributed by atoms with van der Waals surface area (Å²) < 4.78 is 6.28. The first-order valence-corrected chi connectivity index (χ1v) is 5.43. The molecular weight excluding hydrogens is 242 g/mol. The second-order valence-corrected chi connectivity index (χ2v) is 4.23. The van der Waals surface area contributed by atoms with Crippen molar-refractivity contribution < 1.29 is 20.1 Å². The molecule has 1 aromatic rings. The number of anilines is 1. The first-order chi connectivity index (χ1) is 8.45. The van der Waals surface area contributed by atoms with Gasteiger partial charge in [0.2, 0.25) is 0 Å². The molecule has 0 spiro atoms. The lowest BCUT2D eigenvalue weighted by atomic mass is 10.1. The summed E-state index contributed by atoms with van der Waals surface area (Å²) in [7, 11) is 0. The lowest BCUT2D eigenvalue weighted by Crippen LogP contribution is -2.36. The molecule has 5 N–H and O–H groups in total. The van der Waals surface area contributed by atoms with Crippen LogP contribution in [0.15, 0.2) is 11.0 Å². The minimum atomic E-state index is -1.32. The van der Waals surface area contributed by atoms with Crippen LogP contribution in [0.1, 0.15) is 11.8 Å². The molecule has 0 aromatic carbocycles. The van der Waals surface area contributed by atoms with Gasteiger partial charge in [0.1, 0.15) is 24.1 Å². The molecule has 18 heavy (non-hydrogen) atoms. The highest BCUT2D eigenvalue weighted by atomic mass is 16.6. The van der Waals surface area contributed by atoms with Crippen LogP contribution in [0.25, 0.3) is 0 Å².